The van der Waals surface area contributed by atoms with Gasteiger partial charge in [-0.25, -0.2) is 5.06 Å². The average molecular weight is 194 g/mol. The van der Waals surface area contributed by atoms with Crippen LogP contribution in [-0.4, -0.2) is 30.1 Å². The van der Waals surface area contributed by atoms with E-state index in [0.717, 1.165) is 5.56 Å². The lowest BCUT2D eigenvalue weighted by atomic mass is 10.1. The quantitative estimate of drug-likeness (QED) is 0.667. The molecule has 0 spiro atoms. The van der Waals surface area contributed by atoms with E-state index >= 15 is 0 Å². The lowest BCUT2D eigenvalue weighted by Gasteiger charge is -2.14. The summed E-state index contributed by atoms with van der Waals surface area (Å²) < 4.78 is 0. The monoisotopic (exact) mass is 194 g/mol. The van der Waals surface area contributed by atoms with Crippen molar-refractivity contribution in [3.63, 3.8) is 0 Å². The van der Waals surface area contributed by atoms with Crippen LogP contribution in [0, 0.1) is 13.8 Å². The zero-order chi connectivity index (χ0) is 10.7. The highest BCUT2D eigenvalue weighted by molar-refractivity contribution is 5.94. The zero-order valence-corrected chi connectivity index (χ0v) is 8.87. The van der Waals surface area contributed by atoms with E-state index in [0.29, 0.717) is 11.3 Å². The molecular weight excluding hydrogens is 180 g/mol. The molecule has 0 radical (unpaired) electrons. The highest BCUT2D eigenvalue weighted by atomic mass is 16.7. The number of aromatic nitrogens is 1. The van der Waals surface area contributed by atoms with E-state index < -0.39 is 0 Å². The fourth-order valence-electron chi connectivity index (χ4n) is 1.11. The molecule has 0 saturated heterocycles. The van der Waals surface area contributed by atoms with Gasteiger partial charge in [0.05, 0.1) is 18.4 Å². The molecule has 1 amide bonds. The highest BCUT2D eigenvalue weighted by Crippen LogP contribution is 2.09. The number of nitrogens with zero attached hydrogens (tertiary/aromatic N) is 2. The molecule has 0 fully saturated rings. The normalized spacial score (nSPS) is 10.0. The first kappa shape index (κ1) is 10.7. The molecule has 4 nitrogen and oxygen atoms in total. The van der Waals surface area contributed by atoms with E-state index in [1.54, 1.807) is 26.2 Å². The Bertz CT molecular complexity index is 350. The molecule has 0 aliphatic carbocycles. The topological polar surface area (TPSA) is 42.4 Å². The molecule has 0 aliphatic heterocycles. The molecule has 4 heteroatoms. The molecule has 1 aromatic rings. The van der Waals surface area contributed by atoms with Crippen molar-refractivity contribution < 1.29 is 9.63 Å². The second-order valence-corrected chi connectivity index (χ2v) is 3.13. The molecule has 1 heterocycles. The van der Waals surface area contributed by atoms with Crippen LogP contribution >= 0.6 is 0 Å². The van der Waals surface area contributed by atoms with Crippen molar-refractivity contribution in [3.05, 3.63) is 29.1 Å². The van der Waals surface area contributed by atoms with Crippen LogP contribution in [-0.2, 0) is 4.84 Å². The molecule has 0 unspecified atom stereocenters. The van der Waals surface area contributed by atoms with Gasteiger partial charge in [0, 0.05) is 13.2 Å². The van der Waals surface area contributed by atoms with Crippen LogP contribution in [0.1, 0.15) is 21.6 Å². The first-order valence-corrected chi connectivity index (χ1v) is 4.31. The van der Waals surface area contributed by atoms with Gasteiger partial charge in [-0.3, -0.25) is 14.6 Å². The minimum atomic E-state index is -0.179. The molecule has 0 saturated carbocycles. The Morgan fingerprint density at radius 1 is 1.50 bits per heavy atom. The number of hydroxylamine groups is 2. The van der Waals surface area contributed by atoms with Gasteiger partial charge in [-0.05, 0) is 25.5 Å². The molecular formula is C10H14N2O2. The number of aryl methyl sites for hydroxylation is 2. The lowest BCUT2D eigenvalue weighted by molar-refractivity contribution is -0.0757. The largest absolute Gasteiger partial charge is 0.278 e. The molecule has 0 aromatic carbocycles. The molecule has 0 atom stereocenters. The lowest BCUT2D eigenvalue weighted by Crippen LogP contribution is -2.26. The van der Waals surface area contributed by atoms with Crippen molar-refractivity contribution in [2.45, 2.75) is 13.8 Å². The minimum Gasteiger partial charge on any atom is -0.274 e. The third kappa shape index (κ3) is 2.09. The first-order valence-electron chi connectivity index (χ1n) is 4.31. The number of hydrogen-bond donors (Lipinski definition) is 0. The van der Waals surface area contributed by atoms with E-state index in [2.05, 4.69) is 4.98 Å². The third-order valence-corrected chi connectivity index (χ3v) is 2.01. The van der Waals surface area contributed by atoms with Gasteiger partial charge in [0.15, 0.2) is 0 Å². The van der Waals surface area contributed by atoms with Crippen LogP contribution in [0.15, 0.2) is 12.3 Å². The van der Waals surface area contributed by atoms with Crippen molar-refractivity contribution in [2.75, 3.05) is 14.2 Å². The van der Waals surface area contributed by atoms with Gasteiger partial charge in [0.25, 0.3) is 5.91 Å². The SMILES string of the molecule is CON(C)C(=O)c1cc(C)cnc1C. The molecule has 0 bridgehead atoms. The second kappa shape index (κ2) is 4.19. The van der Waals surface area contributed by atoms with E-state index in [4.69, 9.17) is 4.84 Å². The van der Waals surface area contributed by atoms with Gasteiger partial charge in [-0.1, -0.05) is 0 Å². The van der Waals surface area contributed by atoms with Crippen molar-refractivity contribution >= 4 is 5.91 Å². The molecule has 14 heavy (non-hydrogen) atoms. The van der Waals surface area contributed by atoms with Crippen molar-refractivity contribution in [3.8, 4) is 0 Å². The first-order chi connectivity index (χ1) is 6.56. The van der Waals surface area contributed by atoms with Crippen molar-refractivity contribution in [1.82, 2.24) is 10.0 Å². The predicted octanol–water partition coefficient (Wildman–Crippen LogP) is 1.33. The van der Waals surface area contributed by atoms with Gasteiger partial charge in [0.1, 0.15) is 0 Å². The summed E-state index contributed by atoms with van der Waals surface area (Å²) in [6.07, 6.45) is 1.74. The van der Waals surface area contributed by atoms with Crippen LogP contribution in [0.4, 0.5) is 0 Å². The maximum absolute atomic E-state index is 11.7. The summed E-state index contributed by atoms with van der Waals surface area (Å²) in [5.74, 6) is -0.179. The van der Waals surface area contributed by atoms with E-state index in [1.165, 1.54) is 12.2 Å². The van der Waals surface area contributed by atoms with E-state index in [1.807, 2.05) is 6.92 Å². The Morgan fingerprint density at radius 2 is 2.14 bits per heavy atom. The molecule has 1 rings (SSSR count). The number of rotatable bonds is 2. The maximum atomic E-state index is 11.7. The molecule has 1 aromatic heterocycles. The smallest absolute Gasteiger partial charge is 0.274 e. The Labute approximate surface area is 83.5 Å². The summed E-state index contributed by atoms with van der Waals surface area (Å²) in [7, 11) is 3.03. The molecule has 0 N–H and O–H groups in total. The Hall–Kier alpha value is -1.42. The number of amides is 1. The minimum absolute atomic E-state index is 0.179. The van der Waals surface area contributed by atoms with Crippen molar-refractivity contribution in [1.29, 1.82) is 0 Å². The second-order valence-electron chi connectivity index (χ2n) is 3.13. The Kier molecular flexibility index (Phi) is 3.19. The highest BCUT2D eigenvalue weighted by Gasteiger charge is 2.14. The van der Waals surface area contributed by atoms with Crippen LogP contribution in [0.3, 0.4) is 0 Å². The van der Waals surface area contributed by atoms with Gasteiger partial charge >= 0.3 is 0 Å². The Balaban J connectivity index is 3.06. The summed E-state index contributed by atoms with van der Waals surface area (Å²) in [6.45, 7) is 3.70. The zero-order valence-electron chi connectivity index (χ0n) is 8.87. The summed E-state index contributed by atoms with van der Waals surface area (Å²) >= 11 is 0. The van der Waals surface area contributed by atoms with Crippen LogP contribution in [0.5, 0.6) is 0 Å². The molecule has 76 valence electrons. The van der Waals surface area contributed by atoms with Crippen LogP contribution < -0.4 is 0 Å². The summed E-state index contributed by atoms with van der Waals surface area (Å²) in [4.78, 5) is 20.6. The summed E-state index contributed by atoms with van der Waals surface area (Å²) in [5, 5.41) is 1.18. The van der Waals surface area contributed by atoms with Crippen molar-refractivity contribution in [2.24, 2.45) is 0 Å². The summed E-state index contributed by atoms with van der Waals surface area (Å²) in [5.41, 5.74) is 2.25. The average Bonchev–Trinajstić information content (AvgIpc) is 2.19. The fraction of sp³-hybridized carbons (Fsp3) is 0.400. The maximum Gasteiger partial charge on any atom is 0.278 e. The van der Waals surface area contributed by atoms with Gasteiger partial charge in [0.2, 0.25) is 0 Å². The fourth-order valence-corrected chi connectivity index (χ4v) is 1.11. The third-order valence-electron chi connectivity index (χ3n) is 2.01. The number of hydrogen-bond acceptors (Lipinski definition) is 3. The molecule has 0 aliphatic rings. The van der Waals surface area contributed by atoms with E-state index in [-0.39, 0.29) is 5.91 Å². The van der Waals surface area contributed by atoms with Gasteiger partial charge < -0.3 is 0 Å². The van der Waals surface area contributed by atoms with Crippen LogP contribution in [0.25, 0.3) is 0 Å². The summed E-state index contributed by atoms with van der Waals surface area (Å²) in [6, 6.07) is 1.81. The van der Waals surface area contributed by atoms with E-state index in [9.17, 15) is 4.79 Å². The standard InChI is InChI=1S/C10H14N2O2/c1-7-5-9(8(2)11-6-7)10(13)12(3)14-4/h5-6H,1-4H3. The van der Waals surface area contributed by atoms with Crippen LogP contribution in [0.2, 0.25) is 0 Å². The Morgan fingerprint density at radius 3 is 2.71 bits per heavy atom. The van der Waals surface area contributed by atoms with Gasteiger partial charge in [-0.15, -0.1) is 0 Å². The number of carbonyl (C=O) groups excluding carboxylic acids is 1. The predicted molar refractivity (Wildman–Crippen MR) is 52.8 cm³/mol. The number of carbonyl (C=O) groups is 1. The number of pyridine rings is 1. The van der Waals surface area contributed by atoms with Gasteiger partial charge in [-0.2, -0.15) is 0 Å².